The minimum absolute atomic E-state index is 0.0548. The fraction of sp³-hybridized carbons (Fsp3) is 0.0625. The van der Waals surface area contributed by atoms with Gasteiger partial charge in [0.05, 0.1) is 5.39 Å². The highest BCUT2D eigenvalue weighted by Crippen LogP contribution is 2.30. The third kappa shape index (κ3) is 2.40. The van der Waals surface area contributed by atoms with Crippen molar-refractivity contribution in [2.45, 2.75) is 6.61 Å². The minimum Gasteiger partial charge on any atom is -0.459 e. The molecule has 0 radical (unpaired) electrons. The largest absolute Gasteiger partial charge is 0.459 e. The lowest BCUT2D eigenvalue weighted by molar-refractivity contribution is 0.222. The lowest BCUT2D eigenvalue weighted by Crippen LogP contribution is -2.04. The monoisotopic (exact) mass is 286 g/mol. The standard InChI is InChI=1S/C16H11ClO3/c17-14-12-8-4-5-9-13(12)15(18)20-16(14)19-10-11-6-2-1-3-7-11/h1-9H,10H2. The molecular formula is C16H11ClO3. The zero-order valence-electron chi connectivity index (χ0n) is 10.5. The number of hydrogen-bond donors (Lipinski definition) is 0. The molecule has 0 fully saturated rings. The molecule has 0 spiro atoms. The van der Waals surface area contributed by atoms with E-state index in [2.05, 4.69) is 0 Å². The first-order valence-corrected chi connectivity index (χ1v) is 6.51. The van der Waals surface area contributed by atoms with Crippen LogP contribution in [0.1, 0.15) is 5.56 Å². The van der Waals surface area contributed by atoms with Crippen LogP contribution in [0.2, 0.25) is 5.02 Å². The molecule has 100 valence electrons. The molecule has 0 unspecified atom stereocenters. The quantitative estimate of drug-likeness (QED) is 0.730. The number of benzene rings is 2. The number of hydrogen-bond acceptors (Lipinski definition) is 3. The van der Waals surface area contributed by atoms with Gasteiger partial charge in [-0.15, -0.1) is 0 Å². The van der Waals surface area contributed by atoms with Crippen molar-refractivity contribution in [2.75, 3.05) is 0 Å². The van der Waals surface area contributed by atoms with E-state index in [-0.39, 0.29) is 5.95 Å². The van der Waals surface area contributed by atoms with Crippen molar-refractivity contribution in [2.24, 2.45) is 0 Å². The highest BCUT2D eigenvalue weighted by Gasteiger charge is 2.12. The maximum Gasteiger partial charge on any atom is 0.346 e. The number of rotatable bonds is 3. The molecule has 0 aliphatic rings. The van der Waals surface area contributed by atoms with Gasteiger partial charge in [-0.25, -0.2) is 4.79 Å². The van der Waals surface area contributed by atoms with Crippen LogP contribution in [0.5, 0.6) is 5.95 Å². The molecule has 1 heterocycles. The van der Waals surface area contributed by atoms with Gasteiger partial charge in [-0.2, -0.15) is 0 Å². The average Bonchev–Trinajstić information content (AvgIpc) is 2.50. The van der Waals surface area contributed by atoms with Crippen LogP contribution in [0.25, 0.3) is 10.8 Å². The van der Waals surface area contributed by atoms with E-state index in [0.29, 0.717) is 22.4 Å². The van der Waals surface area contributed by atoms with Crippen LogP contribution < -0.4 is 10.4 Å². The van der Waals surface area contributed by atoms with Gasteiger partial charge in [0.15, 0.2) is 0 Å². The average molecular weight is 287 g/mol. The first kappa shape index (κ1) is 12.8. The Morgan fingerprint density at radius 1 is 0.950 bits per heavy atom. The molecule has 20 heavy (non-hydrogen) atoms. The lowest BCUT2D eigenvalue weighted by Gasteiger charge is -2.07. The summed E-state index contributed by atoms with van der Waals surface area (Å²) in [5.74, 6) is 0.0548. The van der Waals surface area contributed by atoms with Crippen LogP contribution in [-0.4, -0.2) is 0 Å². The van der Waals surface area contributed by atoms with E-state index in [0.717, 1.165) is 5.56 Å². The van der Waals surface area contributed by atoms with E-state index in [1.165, 1.54) is 0 Å². The van der Waals surface area contributed by atoms with Crippen molar-refractivity contribution in [1.29, 1.82) is 0 Å². The van der Waals surface area contributed by atoms with Crippen LogP contribution in [0.15, 0.2) is 63.8 Å². The van der Waals surface area contributed by atoms with Gasteiger partial charge in [-0.05, 0) is 11.6 Å². The molecule has 0 saturated carbocycles. The van der Waals surface area contributed by atoms with Gasteiger partial charge >= 0.3 is 11.6 Å². The summed E-state index contributed by atoms with van der Waals surface area (Å²) in [6.45, 7) is 0.293. The summed E-state index contributed by atoms with van der Waals surface area (Å²) in [5, 5.41) is 1.40. The lowest BCUT2D eigenvalue weighted by atomic mass is 10.2. The fourth-order valence-corrected chi connectivity index (χ4v) is 2.22. The SMILES string of the molecule is O=c1oc(OCc2ccccc2)c(Cl)c2ccccc12. The molecule has 0 amide bonds. The Labute approximate surface area is 120 Å². The smallest absolute Gasteiger partial charge is 0.346 e. The van der Waals surface area contributed by atoms with E-state index in [1.54, 1.807) is 18.2 Å². The number of halogens is 1. The molecule has 0 saturated heterocycles. The third-order valence-corrected chi connectivity index (χ3v) is 3.32. The molecule has 3 nitrogen and oxygen atoms in total. The molecule has 0 atom stereocenters. The third-order valence-electron chi connectivity index (χ3n) is 2.96. The zero-order valence-corrected chi connectivity index (χ0v) is 11.3. The summed E-state index contributed by atoms with van der Waals surface area (Å²) in [7, 11) is 0. The van der Waals surface area contributed by atoms with Gasteiger partial charge in [0.1, 0.15) is 11.6 Å². The van der Waals surface area contributed by atoms with Gasteiger partial charge in [-0.1, -0.05) is 60.1 Å². The Balaban J connectivity index is 1.96. The maximum atomic E-state index is 11.9. The highest BCUT2D eigenvalue weighted by atomic mass is 35.5. The van der Waals surface area contributed by atoms with Crippen molar-refractivity contribution < 1.29 is 9.15 Å². The van der Waals surface area contributed by atoms with Crippen LogP contribution in [0.3, 0.4) is 0 Å². The van der Waals surface area contributed by atoms with Crippen LogP contribution in [-0.2, 0) is 6.61 Å². The number of fused-ring (bicyclic) bond motifs is 1. The summed E-state index contributed by atoms with van der Waals surface area (Å²) in [6, 6.07) is 16.6. The van der Waals surface area contributed by atoms with Crippen molar-refractivity contribution in [3.8, 4) is 5.95 Å². The molecule has 4 heteroatoms. The van der Waals surface area contributed by atoms with Gasteiger partial charge < -0.3 is 9.15 Å². The van der Waals surface area contributed by atoms with Crippen molar-refractivity contribution in [1.82, 2.24) is 0 Å². The van der Waals surface area contributed by atoms with Gasteiger partial charge in [0.2, 0.25) is 0 Å². The van der Waals surface area contributed by atoms with Gasteiger partial charge in [-0.3, -0.25) is 0 Å². The summed E-state index contributed by atoms with van der Waals surface area (Å²) in [5.41, 5.74) is 0.521. The predicted octanol–water partition coefficient (Wildman–Crippen LogP) is 4.03. The second-order valence-corrected chi connectivity index (χ2v) is 4.69. The Bertz CT molecular complexity index is 794. The molecule has 3 rings (SSSR count). The van der Waals surface area contributed by atoms with E-state index >= 15 is 0 Å². The van der Waals surface area contributed by atoms with E-state index in [9.17, 15) is 4.79 Å². The molecule has 0 N–H and O–H groups in total. The fourth-order valence-electron chi connectivity index (χ4n) is 1.96. The predicted molar refractivity (Wildman–Crippen MR) is 78.3 cm³/mol. The Morgan fingerprint density at radius 3 is 2.35 bits per heavy atom. The Hall–Kier alpha value is -2.26. The van der Waals surface area contributed by atoms with Crippen molar-refractivity contribution in [3.05, 3.63) is 75.6 Å². The van der Waals surface area contributed by atoms with E-state index < -0.39 is 5.63 Å². The topological polar surface area (TPSA) is 39.4 Å². The van der Waals surface area contributed by atoms with E-state index in [4.69, 9.17) is 20.8 Å². The number of ether oxygens (including phenoxy) is 1. The Morgan fingerprint density at radius 2 is 1.60 bits per heavy atom. The van der Waals surface area contributed by atoms with Crippen LogP contribution in [0.4, 0.5) is 0 Å². The summed E-state index contributed by atoms with van der Waals surface area (Å²) < 4.78 is 10.6. The highest BCUT2D eigenvalue weighted by molar-refractivity contribution is 6.36. The normalized spacial score (nSPS) is 10.7. The second-order valence-electron chi connectivity index (χ2n) is 4.31. The van der Waals surface area contributed by atoms with Crippen molar-refractivity contribution in [3.63, 3.8) is 0 Å². The van der Waals surface area contributed by atoms with Crippen molar-refractivity contribution >= 4 is 22.4 Å². The maximum absolute atomic E-state index is 11.9. The molecule has 0 aliphatic heterocycles. The molecule has 3 aromatic rings. The first-order chi connectivity index (χ1) is 9.75. The zero-order chi connectivity index (χ0) is 13.9. The second kappa shape index (κ2) is 5.39. The Kier molecular flexibility index (Phi) is 3.44. The summed E-state index contributed by atoms with van der Waals surface area (Å²) in [6.07, 6.45) is 0. The summed E-state index contributed by atoms with van der Waals surface area (Å²) in [4.78, 5) is 11.9. The molecule has 0 aliphatic carbocycles. The summed E-state index contributed by atoms with van der Waals surface area (Å²) >= 11 is 6.22. The minimum atomic E-state index is -0.451. The van der Waals surface area contributed by atoms with Crippen LogP contribution in [0, 0.1) is 0 Å². The molecule has 1 aromatic heterocycles. The molecule has 2 aromatic carbocycles. The molecule has 0 bridgehead atoms. The van der Waals surface area contributed by atoms with E-state index in [1.807, 2.05) is 36.4 Å². The van der Waals surface area contributed by atoms with Gasteiger partial charge in [0.25, 0.3) is 0 Å². The van der Waals surface area contributed by atoms with Gasteiger partial charge in [0, 0.05) is 5.39 Å². The molecular weight excluding hydrogens is 276 g/mol. The van der Waals surface area contributed by atoms with Crippen LogP contribution >= 0.6 is 11.6 Å². The first-order valence-electron chi connectivity index (χ1n) is 6.14.